The summed E-state index contributed by atoms with van der Waals surface area (Å²) >= 11 is 0. The number of nitrogens with zero attached hydrogens (tertiary/aromatic N) is 5. The van der Waals surface area contributed by atoms with Crippen molar-refractivity contribution in [3.63, 3.8) is 0 Å². The van der Waals surface area contributed by atoms with E-state index in [1.54, 1.807) is 0 Å². The summed E-state index contributed by atoms with van der Waals surface area (Å²) in [6, 6.07) is 0. The summed E-state index contributed by atoms with van der Waals surface area (Å²) in [5, 5.41) is 3.32. The maximum absolute atomic E-state index is 4.73. The number of nitrogens with one attached hydrogen (secondary N) is 1. The topological polar surface area (TPSA) is 57.2 Å². The van der Waals surface area contributed by atoms with Gasteiger partial charge in [0, 0.05) is 32.7 Å². The molecule has 1 unspecified atom stereocenters. The predicted octanol–water partition coefficient (Wildman–Crippen LogP) is 2.14. The Morgan fingerprint density at radius 2 is 1.76 bits per heavy atom. The first-order chi connectivity index (χ1) is 10.3. The molecule has 0 amide bonds. The number of aromatic nitrogens is 3. The van der Waals surface area contributed by atoms with Crippen LogP contribution in [0.3, 0.4) is 0 Å². The number of hydrogen-bond donors (Lipinski definition) is 1. The van der Waals surface area contributed by atoms with Crippen LogP contribution in [-0.4, -0.2) is 47.7 Å². The van der Waals surface area contributed by atoms with Gasteiger partial charge < -0.3 is 15.1 Å². The quantitative estimate of drug-likeness (QED) is 0.896. The Bertz CT molecular complexity index is 471. The molecule has 1 N–H and O–H groups in total. The molecule has 0 aromatic carbocycles. The second-order valence-corrected chi connectivity index (χ2v) is 6.22. The van der Waals surface area contributed by atoms with Gasteiger partial charge in [-0.05, 0) is 31.6 Å². The average Bonchev–Trinajstić information content (AvgIpc) is 3.16. The molecule has 2 aliphatic heterocycles. The van der Waals surface area contributed by atoms with Crippen molar-refractivity contribution in [1.82, 2.24) is 15.0 Å². The zero-order chi connectivity index (χ0) is 14.7. The molecule has 0 radical (unpaired) electrons. The second-order valence-electron chi connectivity index (χ2n) is 6.22. The SMILES string of the molecule is CCCNc1nc(N2CCCC2)nc(N2CCC(C)C2)n1. The van der Waals surface area contributed by atoms with Crippen LogP contribution in [-0.2, 0) is 0 Å². The van der Waals surface area contributed by atoms with E-state index in [1.165, 1.54) is 19.3 Å². The van der Waals surface area contributed by atoms with Crippen molar-refractivity contribution in [1.29, 1.82) is 0 Å². The molecular weight excluding hydrogens is 264 g/mol. The Kier molecular flexibility index (Phi) is 4.41. The molecule has 0 bridgehead atoms. The Balaban J connectivity index is 1.84. The molecule has 1 aromatic rings. The Labute approximate surface area is 127 Å². The number of hydrogen-bond acceptors (Lipinski definition) is 6. The summed E-state index contributed by atoms with van der Waals surface area (Å²) in [4.78, 5) is 18.5. The molecule has 0 saturated carbocycles. The highest BCUT2D eigenvalue weighted by molar-refractivity contribution is 5.46. The fourth-order valence-corrected chi connectivity index (χ4v) is 2.99. The summed E-state index contributed by atoms with van der Waals surface area (Å²) in [5.41, 5.74) is 0. The van der Waals surface area contributed by atoms with E-state index in [-0.39, 0.29) is 0 Å². The molecule has 2 fully saturated rings. The summed E-state index contributed by atoms with van der Waals surface area (Å²) < 4.78 is 0. The third kappa shape index (κ3) is 3.36. The Morgan fingerprint density at radius 3 is 2.38 bits per heavy atom. The zero-order valence-corrected chi connectivity index (χ0v) is 13.2. The van der Waals surface area contributed by atoms with Crippen molar-refractivity contribution in [2.75, 3.05) is 47.8 Å². The van der Waals surface area contributed by atoms with Crippen LogP contribution in [0, 0.1) is 5.92 Å². The summed E-state index contributed by atoms with van der Waals surface area (Å²) in [7, 11) is 0. The minimum Gasteiger partial charge on any atom is -0.354 e. The van der Waals surface area contributed by atoms with E-state index in [4.69, 9.17) is 4.98 Å². The van der Waals surface area contributed by atoms with Gasteiger partial charge in [0.25, 0.3) is 0 Å². The maximum atomic E-state index is 4.73. The molecule has 0 aliphatic carbocycles. The minimum absolute atomic E-state index is 0.725. The molecule has 1 aromatic heterocycles. The van der Waals surface area contributed by atoms with Crippen LogP contribution >= 0.6 is 0 Å². The van der Waals surface area contributed by atoms with Gasteiger partial charge in [0.1, 0.15) is 0 Å². The summed E-state index contributed by atoms with van der Waals surface area (Å²) in [6.45, 7) is 9.57. The van der Waals surface area contributed by atoms with E-state index in [0.29, 0.717) is 0 Å². The lowest BCUT2D eigenvalue weighted by Gasteiger charge is -2.21. The first kappa shape index (κ1) is 14.4. The van der Waals surface area contributed by atoms with Crippen LogP contribution in [0.25, 0.3) is 0 Å². The molecule has 116 valence electrons. The molecule has 21 heavy (non-hydrogen) atoms. The van der Waals surface area contributed by atoms with Crippen LogP contribution in [0.4, 0.5) is 17.8 Å². The van der Waals surface area contributed by atoms with Gasteiger partial charge in [-0.15, -0.1) is 0 Å². The van der Waals surface area contributed by atoms with E-state index < -0.39 is 0 Å². The molecule has 6 heteroatoms. The fraction of sp³-hybridized carbons (Fsp3) is 0.800. The summed E-state index contributed by atoms with van der Waals surface area (Å²) in [6.07, 6.45) is 4.77. The summed E-state index contributed by atoms with van der Waals surface area (Å²) in [5.74, 6) is 3.14. The molecule has 0 spiro atoms. The predicted molar refractivity (Wildman–Crippen MR) is 86.0 cm³/mol. The van der Waals surface area contributed by atoms with Gasteiger partial charge in [0.05, 0.1) is 0 Å². The van der Waals surface area contributed by atoms with E-state index in [9.17, 15) is 0 Å². The van der Waals surface area contributed by atoms with Gasteiger partial charge in [-0.25, -0.2) is 0 Å². The van der Waals surface area contributed by atoms with E-state index in [0.717, 1.165) is 62.9 Å². The van der Waals surface area contributed by atoms with Gasteiger partial charge in [-0.3, -0.25) is 0 Å². The van der Waals surface area contributed by atoms with E-state index in [2.05, 4.69) is 38.9 Å². The highest BCUT2D eigenvalue weighted by Gasteiger charge is 2.24. The van der Waals surface area contributed by atoms with Crippen molar-refractivity contribution in [3.05, 3.63) is 0 Å². The highest BCUT2D eigenvalue weighted by Crippen LogP contribution is 2.24. The maximum Gasteiger partial charge on any atom is 0.231 e. The van der Waals surface area contributed by atoms with Gasteiger partial charge in [-0.1, -0.05) is 13.8 Å². The zero-order valence-electron chi connectivity index (χ0n) is 13.2. The molecule has 2 saturated heterocycles. The molecule has 2 aliphatic rings. The minimum atomic E-state index is 0.725. The van der Waals surface area contributed by atoms with Crippen molar-refractivity contribution in [2.45, 2.75) is 39.5 Å². The Hall–Kier alpha value is -1.59. The highest BCUT2D eigenvalue weighted by atomic mass is 15.4. The third-order valence-electron chi connectivity index (χ3n) is 4.24. The standard InChI is InChI=1S/C15H26N6/c1-3-7-16-13-17-14(20-8-4-5-9-20)19-15(18-13)21-10-6-12(2)11-21/h12H,3-11H2,1-2H3,(H,16,17,18,19). The van der Waals surface area contributed by atoms with Crippen molar-refractivity contribution in [2.24, 2.45) is 5.92 Å². The molecule has 3 heterocycles. The van der Waals surface area contributed by atoms with Crippen LogP contribution in [0.5, 0.6) is 0 Å². The third-order valence-corrected chi connectivity index (χ3v) is 4.24. The average molecular weight is 290 g/mol. The van der Waals surface area contributed by atoms with Crippen molar-refractivity contribution in [3.8, 4) is 0 Å². The second kappa shape index (κ2) is 6.45. The largest absolute Gasteiger partial charge is 0.354 e. The van der Waals surface area contributed by atoms with Gasteiger partial charge in [-0.2, -0.15) is 15.0 Å². The molecule has 1 atom stereocenters. The fourth-order valence-electron chi connectivity index (χ4n) is 2.99. The normalized spacial score (nSPS) is 22.1. The molecular formula is C15H26N6. The lowest BCUT2D eigenvalue weighted by Crippen LogP contribution is -2.26. The number of anilines is 3. The van der Waals surface area contributed by atoms with Crippen LogP contribution in [0.2, 0.25) is 0 Å². The lowest BCUT2D eigenvalue weighted by atomic mass is 10.2. The first-order valence-electron chi connectivity index (χ1n) is 8.26. The smallest absolute Gasteiger partial charge is 0.231 e. The molecule has 6 nitrogen and oxygen atoms in total. The van der Waals surface area contributed by atoms with Crippen molar-refractivity contribution >= 4 is 17.8 Å². The van der Waals surface area contributed by atoms with Gasteiger partial charge >= 0.3 is 0 Å². The Morgan fingerprint density at radius 1 is 1.05 bits per heavy atom. The number of rotatable bonds is 5. The van der Waals surface area contributed by atoms with Crippen molar-refractivity contribution < 1.29 is 0 Å². The lowest BCUT2D eigenvalue weighted by molar-refractivity contribution is 0.657. The monoisotopic (exact) mass is 290 g/mol. The van der Waals surface area contributed by atoms with Crippen LogP contribution in [0.1, 0.15) is 39.5 Å². The van der Waals surface area contributed by atoms with Crippen LogP contribution < -0.4 is 15.1 Å². The van der Waals surface area contributed by atoms with E-state index in [1.807, 2.05) is 0 Å². The molecule has 3 rings (SSSR count). The van der Waals surface area contributed by atoms with Crippen LogP contribution in [0.15, 0.2) is 0 Å². The van der Waals surface area contributed by atoms with Gasteiger partial charge in [0.2, 0.25) is 17.8 Å². The first-order valence-corrected chi connectivity index (χ1v) is 8.26. The van der Waals surface area contributed by atoms with Gasteiger partial charge in [0.15, 0.2) is 0 Å². The van der Waals surface area contributed by atoms with E-state index >= 15 is 0 Å².